The normalized spacial score (nSPS) is 18.9. The highest BCUT2D eigenvalue weighted by molar-refractivity contribution is 4.80. The molecule has 0 heterocycles. The third-order valence-corrected chi connectivity index (χ3v) is 6.35. The Balaban J connectivity index is 4.29. The molecular weight excluding hydrogens is 228 g/mol. The first-order valence-corrected chi connectivity index (χ1v) is 8.73. The van der Waals surface area contributed by atoms with Crippen molar-refractivity contribution in [2.24, 2.45) is 22.7 Å². The number of hydrogen-bond acceptors (Lipinski definition) is 0. The maximum atomic E-state index is 2.52. The van der Waals surface area contributed by atoms with E-state index in [-0.39, 0.29) is 0 Å². The van der Waals surface area contributed by atoms with Crippen LogP contribution in [-0.4, -0.2) is 0 Å². The highest BCUT2D eigenvalue weighted by Gasteiger charge is 2.29. The second kappa shape index (κ2) is 8.32. The van der Waals surface area contributed by atoms with Crippen molar-refractivity contribution in [3.63, 3.8) is 0 Å². The van der Waals surface area contributed by atoms with Gasteiger partial charge in [0.2, 0.25) is 0 Å². The molecule has 3 unspecified atom stereocenters. The fraction of sp³-hybridized carbons (Fsp3) is 1.00. The van der Waals surface area contributed by atoms with Crippen molar-refractivity contribution in [2.45, 2.75) is 100 Å². The smallest absolute Gasteiger partial charge is 0.0303 e. The molecule has 0 bridgehead atoms. The monoisotopic (exact) mass is 268 g/mol. The van der Waals surface area contributed by atoms with Gasteiger partial charge in [-0.25, -0.2) is 0 Å². The molecule has 0 fully saturated rings. The summed E-state index contributed by atoms with van der Waals surface area (Å²) in [6, 6.07) is 0. The molecular formula is C19H40. The molecule has 0 saturated carbocycles. The van der Waals surface area contributed by atoms with Crippen molar-refractivity contribution in [3.8, 4) is 0 Å². The van der Waals surface area contributed by atoms with Gasteiger partial charge < -0.3 is 0 Å². The van der Waals surface area contributed by atoms with Gasteiger partial charge in [0.15, 0.2) is 0 Å². The molecule has 0 aromatic heterocycles. The molecule has 19 heavy (non-hydrogen) atoms. The predicted octanol–water partition coefficient (Wildman–Crippen LogP) is 7.08. The second-order valence-electron chi connectivity index (χ2n) is 7.83. The van der Waals surface area contributed by atoms with Gasteiger partial charge in [0.05, 0.1) is 0 Å². The van der Waals surface area contributed by atoms with Crippen molar-refractivity contribution in [3.05, 3.63) is 0 Å². The Morgan fingerprint density at radius 1 is 0.789 bits per heavy atom. The van der Waals surface area contributed by atoms with Crippen LogP contribution in [0.1, 0.15) is 100 Å². The highest BCUT2D eigenvalue weighted by Crippen LogP contribution is 2.40. The lowest BCUT2D eigenvalue weighted by Gasteiger charge is -2.37. The van der Waals surface area contributed by atoms with Gasteiger partial charge in [0, 0.05) is 0 Å². The maximum absolute atomic E-state index is 2.52. The van der Waals surface area contributed by atoms with Crippen LogP contribution in [0.25, 0.3) is 0 Å². The van der Waals surface area contributed by atoms with E-state index in [1.807, 2.05) is 0 Å². The standard InChI is InChI=1S/C19H40/c1-9-13-17(5)19(8,11-3)15-12-14-16(4)18(6,7)10-2/h16-17H,9-15H2,1-8H3. The van der Waals surface area contributed by atoms with Crippen LogP contribution >= 0.6 is 0 Å². The fourth-order valence-electron chi connectivity index (χ4n) is 3.10. The van der Waals surface area contributed by atoms with Crippen LogP contribution in [0, 0.1) is 22.7 Å². The van der Waals surface area contributed by atoms with E-state index in [0.29, 0.717) is 10.8 Å². The molecule has 3 atom stereocenters. The van der Waals surface area contributed by atoms with Crippen molar-refractivity contribution in [1.82, 2.24) is 0 Å². The summed E-state index contributed by atoms with van der Waals surface area (Å²) in [6.45, 7) is 19.3. The Kier molecular flexibility index (Phi) is 8.32. The van der Waals surface area contributed by atoms with Crippen molar-refractivity contribution in [1.29, 1.82) is 0 Å². The zero-order valence-corrected chi connectivity index (χ0v) is 15.1. The third-order valence-electron chi connectivity index (χ3n) is 6.35. The van der Waals surface area contributed by atoms with Gasteiger partial charge >= 0.3 is 0 Å². The predicted molar refractivity (Wildman–Crippen MR) is 89.6 cm³/mol. The average molecular weight is 269 g/mol. The summed E-state index contributed by atoms with van der Waals surface area (Å²) in [5, 5.41) is 0. The van der Waals surface area contributed by atoms with Crippen molar-refractivity contribution >= 4 is 0 Å². The molecule has 0 aliphatic carbocycles. The van der Waals surface area contributed by atoms with Gasteiger partial charge in [-0.1, -0.05) is 93.9 Å². The minimum absolute atomic E-state index is 0.512. The summed E-state index contributed by atoms with van der Waals surface area (Å²) in [7, 11) is 0. The van der Waals surface area contributed by atoms with E-state index in [4.69, 9.17) is 0 Å². The lowest BCUT2D eigenvalue weighted by atomic mass is 9.69. The van der Waals surface area contributed by atoms with E-state index >= 15 is 0 Å². The van der Waals surface area contributed by atoms with Crippen LogP contribution in [0.2, 0.25) is 0 Å². The maximum Gasteiger partial charge on any atom is -0.0303 e. The van der Waals surface area contributed by atoms with Crippen LogP contribution in [0.5, 0.6) is 0 Å². The van der Waals surface area contributed by atoms with E-state index in [1.54, 1.807) is 0 Å². The molecule has 0 aliphatic rings. The Labute approximate surface area is 123 Å². The minimum atomic E-state index is 0.512. The summed E-state index contributed by atoms with van der Waals surface area (Å²) in [6.07, 6.45) is 9.56. The van der Waals surface area contributed by atoms with Gasteiger partial charge in [0.1, 0.15) is 0 Å². The summed E-state index contributed by atoms with van der Waals surface area (Å²) < 4.78 is 0. The largest absolute Gasteiger partial charge is 0.0654 e. The highest BCUT2D eigenvalue weighted by atomic mass is 14.3. The quantitative estimate of drug-likeness (QED) is 0.397. The van der Waals surface area contributed by atoms with E-state index < -0.39 is 0 Å². The van der Waals surface area contributed by atoms with E-state index in [2.05, 4.69) is 55.4 Å². The first-order chi connectivity index (χ1) is 8.73. The van der Waals surface area contributed by atoms with Crippen LogP contribution in [0.15, 0.2) is 0 Å². The molecule has 0 rings (SSSR count). The lowest BCUT2D eigenvalue weighted by Crippen LogP contribution is -2.26. The fourth-order valence-corrected chi connectivity index (χ4v) is 3.10. The first kappa shape index (κ1) is 19.0. The number of hydrogen-bond donors (Lipinski definition) is 0. The molecule has 116 valence electrons. The average Bonchev–Trinajstić information content (AvgIpc) is 2.38. The zero-order chi connectivity index (χ0) is 15.1. The third kappa shape index (κ3) is 5.88. The molecule has 0 N–H and O–H groups in total. The van der Waals surface area contributed by atoms with Gasteiger partial charge in [-0.3, -0.25) is 0 Å². The Hall–Kier alpha value is 0. The van der Waals surface area contributed by atoms with Crippen molar-refractivity contribution in [2.75, 3.05) is 0 Å². The SMILES string of the molecule is CCCC(C)C(C)(CC)CCCC(C)C(C)(C)CC. The summed E-state index contributed by atoms with van der Waals surface area (Å²) in [5.41, 5.74) is 1.07. The Bertz CT molecular complexity index is 228. The lowest BCUT2D eigenvalue weighted by molar-refractivity contribution is 0.143. The van der Waals surface area contributed by atoms with E-state index in [1.165, 1.54) is 44.9 Å². The molecule has 0 amide bonds. The molecule has 0 aromatic carbocycles. The molecule has 0 heteroatoms. The van der Waals surface area contributed by atoms with Gasteiger partial charge in [-0.05, 0) is 29.1 Å². The minimum Gasteiger partial charge on any atom is -0.0654 e. The first-order valence-electron chi connectivity index (χ1n) is 8.73. The molecule has 0 spiro atoms. The van der Waals surface area contributed by atoms with Gasteiger partial charge in [-0.2, -0.15) is 0 Å². The van der Waals surface area contributed by atoms with Crippen LogP contribution < -0.4 is 0 Å². The molecule has 0 saturated heterocycles. The zero-order valence-electron chi connectivity index (χ0n) is 15.1. The molecule has 0 nitrogen and oxygen atoms in total. The number of rotatable bonds is 10. The summed E-state index contributed by atoms with van der Waals surface area (Å²) >= 11 is 0. The van der Waals surface area contributed by atoms with Crippen molar-refractivity contribution < 1.29 is 0 Å². The second-order valence-corrected chi connectivity index (χ2v) is 7.83. The molecule has 0 aromatic rings. The van der Waals surface area contributed by atoms with Crippen LogP contribution in [0.4, 0.5) is 0 Å². The topological polar surface area (TPSA) is 0 Å². The molecule has 0 aliphatic heterocycles. The van der Waals surface area contributed by atoms with Crippen LogP contribution in [0.3, 0.4) is 0 Å². The van der Waals surface area contributed by atoms with E-state index in [9.17, 15) is 0 Å². The Morgan fingerprint density at radius 2 is 1.37 bits per heavy atom. The van der Waals surface area contributed by atoms with Crippen LogP contribution in [-0.2, 0) is 0 Å². The summed E-state index contributed by atoms with van der Waals surface area (Å²) in [4.78, 5) is 0. The Morgan fingerprint density at radius 3 is 1.79 bits per heavy atom. The van der Waals surface area contributed by atoms with Gasteiger partial charge in [0.25, 0.3) is 0 Å². The van der Waals surface area contributed by atoms with E-state index in [0.717, 1.165) is 11.8 Å². The summed E-state index contributed by atoms with van der Waals surface area (Å²) in [5.74, 6) is 1.72. The van der Waals surface area contributed by atoms with Gasteiger partial charge in [-0.15, -0.1) is 0 Å². The molecule has 0 radical (unpaired) electrons.